The third-order valence-electron chi connectivity index (χ3n) is 5.39. The summed E-state index contributed by atoms with van der Waals surface area (Å²) in [6, 6.07) is 0. The first-order chi connectivity index (χ1) is 13.1. The Morgan fingerprint density at radius 1 is 1.48 bits per heavy atom. The highest BCUT2D eigenvalue weighted by atomic mass is 32.1. The van der Waals surface area contributed by atoms with Crippen molar-refractivity contribution in [1.29, 1.82) is 0 Å². The Kier molecular flexibility index (Phi) is 7.20. The summed E-state index contributed by atoms with van der Waals surface area (Å²) in [6.07, 6.45) is 5.72. The SMILES string of the molecule is CCCCNCC(O)COc1ncc(C(=O)NCCC2C3CCC(=O)C23)s1. The maximum absolute atomic E-state index is 12.2. The summed E-state index contributed by atoms with van der Waals surface area (Å²) in [5.41, 5.74) is 0. The number of hydrogen-bond donors (Lipinski definition) is 3. The maximum Gasteiger partial charge on any atom is 0.273 e. The van der Waals surface area contributed by atoms with Gasteiger partial charge in [-0.3, -0.25) is 9.59 Å². The van der Waals surface area contributed by atoms with Gasteiger partial charge in [-0.2, -0.15) is 0 Å². The third kappa shape index (κ3) is 5.49. The number of Topliss-reactive ketones (excluding diaryl/α,β-unsaturated/α-hetero) is 1. The van der Waals surface area contributed by atoms with E-state index in [1.807, 2.05) is 0 Å². The average molecular weight is 396 g/mol. The smallest absolute Gasteiger partial charge is 0.273 e. The second-order valence-corrected chi connectivity index (χ2v) is 8.41. The lowest BCUT2D eigenvalue weighted by Gasteiger charge is -2.11. The summed E-state index contributed by atoms with van der Waals surface area (Å²) >= 11 is 1.18. The van der Waals surface area contributed by atoms with Gasteiger partial charge in [0.1, 0.15) is 23.4 Å². The topological polar surface area (TPSA) is 101 Å². The standard InChI is InChI=1S/C19H29N3O4S/c1-2-3-7-20-9-12(23)11-26-19-22-10-16(27-19)18(25)21-8-6-14-13-4-5-15(24)17(13)14/h10,12-14,17,20,23H,2-9,11H2,1H3,(H,21,25). The quantitative estimate of drug-likeness (QED) is 0.465. The number of aliphatic hydroxyl groups excluding tert-OH is 1. The van der Waals surface area contributed by atoms with Crippen LogP contribution in [0.2, 0.25) is 0 Å². The molecule has 0 aliphatic heterocycles. The number of ether oxygens (including phenoxy) is 1. The zero-order valence-corrected chi connectivity index (χ0v) is 16.6. The molecule has 4 atom stereocenters. The summed E-state index contributed by atoms with van der Waals surface area (Å²) < 4.78 is 5.47. The molecule has 8 heteroatoms. The number of fused-ring (bicyclic) bond motifs is 1. The predicted molar refractivity (Wildman–Crippen MR) is 103 cm³/mol. The molecule has 0 saturated heterocycles. The molecule has 2 aliphatic carbocycles. The van der Waals surface area contributed by atoms with Gasteiger partial charge in [0.05, 0.1) is 6.20 Å². The van der Waals surface area contributed by atoms with Crippen LogP contribution in [-0.2, 0) is 4.79 Å². The van der Waals surface area contributed by atoms with E-state index in [1.54, 1.807) is 0 Å². The first-order valence-electron chi connectivity index (χ1n) is 9.88. The highest BCUT2D eigenvalue weighted by Crippen LogP contribution is 2.56. The van der Waals surface area contributed by atoms with Gasteiger partial charge in [-0.25, -0.2) is 4.98 Å². The first-order valence-corrected chi connectivity index (χ1v) is 10.7. The van der Waals surface area contributed by atoms with Crippen LogP contribution in [0.4, 0.5) is 0 Å². The molecule has 7 nitrogen and oxygen atoms in total. The van der Waals surface area contributed by atoms with Gasteiger partial charge in [0, 0.05) is 25.4 Å². The largest absolute Gasteiger partial charge is 0.467 e. The van der Waals surface area contributed by atoms with Crippen LogP contribution in [0.3, 0.4) is 0 Å². The highest BCUT2D eigenvalue weighted by Gasteiger charge is 2.56. The summed E-state index contributed by atoms with van der Waals surface area (Å²) in [7, 11) is 0. The molecule has 4 unspecified atom stereocenters. The molecule has 3 rings (SSSR count). The van der Waals surface area contributed by atoms with Gasteiger partial charge >= 0.3 is 0 Å². The predicted octanol–water partition coefficient (Wildman–Crippen LogP) is 1.62. The average Bonchev–Trinajstić information content (AvgIpc) is 2.97. The van der Waals surface area contributed by atoms with Crippen LogP contribution in [0.25, 0.3) is 0 Å². The molecule has 1 aromatic heterocycles. The van der Waals surface area contributed by atoms with E-state index in [2.05, 4.69) is 22.5 Å². The number of thiazole rings is 1. The Hall–Kier alpha value is -1.51. The molecule has 0 spiro atoms. The molecule has 0 radical (unpaired) electrons. The third-order valence-corrected chi connectivity index (χ3v) is 6.29. The van der Waals surface area contributed by atoms with Gasteiger partial charge in [-0.15, -0.1) is 0 Å². The lowest BCUT2D eigenvalue weighted by molar-refractivity contribution is -0.119. The molecule has 27 heavy (non-hydrogen) atoms. The Balaban J connectivity index is 1.31. The van der Waals surface area contributed by atoms with Crippen LogP contribution in [-0.4, -0.2) is 54.1 Å². The van der Waals surface area contributed by atoms with Crippen LogP contribution < -0.4 is 15.4 Å². The van der Waals surface area contributed by atoms with Crippen molar-refractivity contribution in [3.8, 4) is 5.19 Å². The Morgan fingerprint density at radius 2 is 2.33 bits per heavy atom. The minimum absolute atomic E-state index is 0.145. The molecule has 150 valence electrons. The van der Waals surface area contributed by atoms with Crippen molar-refractivity contribution in [2.75, 3.05) is 26.2 Å². The van der Waals surface area contributed by atoms with E-state index in [4.69, 9.17) is 4.74 Å². The second kappa shape index (κ2) is 9.61. The normalized spacial score (nSPS) is 24.5. The number of nitrogens with zero attached hydrogens (tertiary/aromatic N) is 1. The van der Waals surface area contributed by atoms with E-state index in [1.165, 1.54) is 17.5 Å². The van der Waals surface area contributed by atoms with Gasteiger partial charge in [-0.05, 0) is 37.6 Å². The number of carbonyl (C=O) groups excluding carboxylic acids is 2. The number of ketones is 1. The highest BCUT2D eigenvalue weighted by molar-refractivity contribution is 7.15. The second-order valence-electron chi connectivity index (χ2n) is 7.42. The van der Waals surface area contributed by atoms with Crippen molar-refractivity contribution in [3.63, 3.8) is 0 Å². The van der Waals surface area contributed by atoms with Gasteiger partial charge in [-0.1, -0.05) is 24.7 Å². The Morgan fingerprint density at radius 3 is 3.07 bits per heavy atom. The van der Waals surface area contributed by atoms with Crippen LogP contribution in [0.15, 0.2) is 6.20 Å². The summed E-state index contributed by atoms with van der Waals surface area (Å²) in [5, 5.41) is 16.3. The fourth-order valence-corrected chi connectivity index (χ4v) is 4.54. The van der Waals surface area contributed by atoms with Crippen LogP contribution in [0.1, 0.15) is 48.7 Å². The Bertz CT molecular complexity index is 651. The summed E-state index contributed by atoms with van der Waals surface area (Å²) in [6.45, 7) is 4.21. The van der Waals surface area contributed by atoms with Crippen LogP contribution >= 0.6 is 11.3 Å². The molecule has 1 amide bonds. The van der Waals surface area contributed by atoms with E-state index in [0.29, 0.717) is 40.8 Å². The molecular weight excluding hydrogens is 366 g/mol. The minimum atomic E-state index is -0.608. The van der Waals surface area contributed by atoms with Crippen LogP contribution in [0, 0.1) is 17.8 Å². The number of carbonyl (C=O) groups is 2. The summed E-state index contributed by atoms with van der Waals surface area (Å²) in [5.74, 6) is 1.55. The number of rotatable bonds is 12. The van der Waals surface area contributed by atoms with Crippen molar-refractivity contribution in [1.82, 2.24) is 15.6 Å². The van der Waals surface area contributed by atoms with Crippen molar-refractivity contribution in [3.05, 3.63) is 11.1 Å². The van der Waals surface area contributed by atoms with Crippen molar-refractivity contribution < 1.29 is 19.4 Å². The minimum Gasteiger partial charge on any atom is -0.467 e. The summed E-state index contributed by atoms with van der Waals surface area (Å²) in [4.78, 5) is 28.4. The number of hydrogen-bond acceptors (Lipinski definition) is 7. The monoisotopic (exact) mass is 395 g/mol. The lowest BCUT2D eigenvalue weighted by atomic mass is 10.1. The van der Waals surface area contributed by atoms with Crippen molar-refractivity contribution >= 4 is 23.0 Å². The van der Waals surface area contributed by atoms with E-state index in [9.17, 15) is 14.7 Å². The molecule has 3 N–H and O–H groups in total. The van der Waals surface area contributed by atoms with Gasteiger partial charge in [0.25, 0.3) is 11.1 Å². The van der Waals surface area contributed by atoms with E-state index in [-0.39, 0.29) is 18.4 Å². The first kappa shape index (κ1) is 20.2. The molecular formula is C19H29N3O4S. The molecule has 1 aromatic rings. The van der Waals surface area contributed by atoms with Crippen molar-refractivity contribution in [2.24, 2.45) is 17.8 Å². The number of aliphatic hydroxyl groups is 1. The number of aromatic nitrogens is 1. The van der Waals surface area contributed by atoms with Gasteiger partial charge < -0.3 is 20.5 Å². The van der Waals surface area contributed by atoms with Crippen LogP contribution in [0.5, 0.6) is 5.19 Å². The van der Waals surface area contributed by atoms with Crippen molar-refractivity contribution in [2.45, 2.75) is 45.1 Å². The van der Waals surface area contributed by atoms with E-state index >= 15 is 0 Å². The van der Waals surface area contributed by atoms with E-state index in [0.717, 1.165) is 38.6 Å². The van der Waals surface area contributed by atoms with Gasteiger partial charge in [0.15, 0.2) is 0 Å². The fourth-order valence-electron chi connectivity index (χ4n) is 3.85. The molecule has 2 aliphatic rings. The number of amides is 1. The fraction of sp³-hybridized carbons (Fsp3) is 0.737. The molecule has 2 fully saturated rings. The maximum atomic E-state index is 12.2. The zero-order valence-electron chi connectivity index (χ0n) is 15.8. The number of unbranched alkanes of at least 4 members (excludes halogenated alkanes) is 1. The number of nitrogens with one attached hydrogen (secondary N) is 2. The molecule has 0 bridgehead atoms. The van der Waals surface area contributed by atoms with E-state index < -0.39 is 6.10 Å². The van der Waals surface area contributed by atoms with Gasteiger partial charge in [0.2, 0.25) is 0 Å². The molecule has 1 heterocycles. The zero-order chi connectivity index (χ0) is 19.2. The lowest BCUT2D eigenvalue weighted by Crippen LogP contribution is -2.31. The molecule has 2 saturated carbocycles. The Labute approximate surface area is 163 Å². The molecule has 0 aromatic carbocycles.